The van der Waals surface area contributed by atoms with Crippen LogP contribution in [0.1, 0.15) is 39.5 Å². The molecule has 0 spiro atoms. The smallest absolute Gasteiger partial charge is 0.213 e. The van der Waals surface area contributed by atoms with Crippen molar-refractivity contribution in [3.05, 3.63) is 173 Å². The van der Waals surface area contributed by atoms with Crippen molar-refractivity contribution < 1.29 is 4.74 Å². The van der Waals surface area contributed by atoms with E-state index in [1.807, 2.05) is 48.5 Å². The molecule has 0 N–H and O–H groups in total. The Kier molecular flexibility index (Phi) is 8.29. The fourth-order valence-corrected chi connectivity index (χ4v) is 6.66. The molecule has 0 saturated heterocycles. The predicted octanol–water partition coefficient (Wildman–Crippen LogP) is 9.60. The minimum atomic E-state index is -0.0358. The number of rotatable bonds is 8. The van der Waals surface area contributed by atoms with E-state index in [2.05, 4.69) is 132 Å². The Morgan fingerprint density at radius 2 is 1.43 bits per heavy atom. The molecule has 1 aliphatic rings. The first-order valence-electron chi connectivity index (χ1n) is 15.8. The van der Waals surface area contributed by atoms with Crippen molar-refractivity contribution in [1.29, 1.82) is 5.26 Å². The first-order chi connectivity index (χ1) is 23.0. The van der Waals surface area contributed by atoms with Crippen LogP contribution < -0.4 is 4.74 Å². The van der Waals surface area contributed by atoms with Gasteiger partial charge in [-0.3, -0.25) is 14.4 Å². The van der Waals surface area contributed by atoms with Gasteiger partial charge in [-0.1, -0.05) is 104 Å². The lowest BCUT2D eigenvalue weighted by Crippen LogP contribution is -2.36. The highest BCUT2D eigenvalue weighted by Crippen LogP contribution is 2.42. The average molecular weight is 613 g/mol. The molecule has 6 aromatic rings. The molecule has 0 amide bonds. The van der Waals surface area contributed by atoms with E-state index >= 15 is 0 Å². The Morgan fingerprint density at radius 1 is 0.745 bits per heavy atom. The van der Waals surface area contributed by atoms with Crippen LogP contribution in [-0.4, -0.2) is 28.5 Å². The largest absolute Gasteiger partial charge is 0.439 e. The third-order valence-electron chi connectivity index (χ3n) is 8.81. The van der Waals surface area contributed by atoms with E-state index in [4.69, 9.17) is 4.74 Å². The molecule has 7 rings (SSSR count). The Labute approximate surface area is 276 Å². The molecule has 0 aliphatic carbocycles. The summed E-state index contributed by atoms with van der Waals surface area (Å²) >= 11 is 0. The van der Waals surface area contributed by atoms with Gasteiger partial charge in [-0.25, -0.2) is 0 Å². The van der Waals surface area contributed by atoms with Gasteiger partial charge in [0.1, 0.15) is 5.75 Å². The van der Waals surface area contributed by atoms with Gasteiger partial charge in [-0.2, -0.15) is 5.26 Å². The maximum atomic E-state index is 9.63. The molecule has 230 valence electrons. The number of ether oxygens (including phenoxy) is 1. The number of nitriles is 1. The van der Waals surface area contributed by atoms with E-state index in [-0.39, 0.29) is 6.17 Å². The van der Waals surface area contributed by atoms with Crippen molar-refractivity contribution in [2.45, 2.75) is 19.3 Å². The summed E-state index contributed by atoms with van der Waals surface area (Å²) in [6.45, 7) is 5.79. The van der Waals surface area contributed by atoms with Crippen molar-refractivity contribution in [3.8, 4) is 23.4 Å². The Balaban J connectivity index is 1.22. The molecule has 0 radical (unpaired) electrons. The fourth-order valence-electron chi connectivity index (χ4n) is 6.66. The first kappa shape index (κ1) is 30.0. The number of hydrogen-bond acceptors (Lipinski definition) is 4. The molecule has 1 aromatic heterocycles. The lowest BCUT2D eigenvalue weighted by atomic mass is 10.0. The Morgan fingerprint density at radius 3 is 2.19 bits per heavy atom. The van der Waals surface area contributed by atoms with Crippen LogP contribution in [-0.2, 0) is 13.1 Å². The molecular weight excluding hydrogens is 576 g/mol. The van der Waals surface area contributed by atoms with E-state index in [0.717, 1.165) is 63.6 Å². The zero-order valence-electron chi connectivity index (χ0n) is 26.7. The van der Waals surface area contributed by atoms with E-state index in [0.29, 0.717) is 5.56 Å². The third kappa shape index (κ3) is 6.01. The van der Waals surface area contributed by atoms with E-state index < -0.39 is 0 Å². The average Bonchev–Trinajstić information content (AvgIpc) is 3.39. The van der Waals surface area contributed by atoms with Crippen LogP contribution in [0.25, 0.3) is 28.2 Å². The summed E-state index contributed by atoms with van der Waals surface area (Å²) in [5.41, 5.74) is 9.22. The van der Waals surface area contributed by atoms with Crippen molar-refractivity contribution in [2.24, 2.45) is 0 Å². The third-order valence-corrected chi connectivity index (χ3v) is 8.81. The fraction of sp³-hybridized carbons (Fsp3) is 0.119. The molecule has 47 heavy (non-hydrogen) atoms. The maximum absolute atomic E-state index is 9.63. The standard InChI is InChI=1S/C42H36N4O/c1-30-20-25-38-37-17-7-9-18-39(37)46(42(38)47-40-19-10-8-16-36(30)40)35-23-21-32(22-24-35)29-45(3)41(34-15-11-14-33(26-34)27-43)44(2)28-31-12-5-4-6-13-31/h4-26,41H,1,28-29H2,2-3H3/b25-20-. The molecule has 0 bridgehead atoms. The summed E-state index contributed by atoms with van der Waals surface area (Å²) in [6, 6.07) is 46.0. The van der Waals surface area contributed by atoms with Crippen LogP contribution in [0.3, 0.4) is 0 Å². The molecule has 2 heterocycles. The van der Waals surface area contributed by atoms with Crippen LogP contribution in [0.4, 0.5) is 0 Å². The summed E-state index contributed by atoms with van der Waals surface area (Å²) in [6.07, 6.45) is 4.16. The maximum Gasteiger partial charge on any atom is 0.213 e. The molecule has 5 heteroatoms. The summed E-state index contributed by atoms with van der Waals surface area (Å²) in [5.74, 6) is 1.57. The number of allylic oxidation sites excluding steroid dienone is 2. The summed E-state index contributed by atoms with van der Waals surface area (Å²) in [7, 11) is 4.29. The monoisotopic (exact) mass is 612 g/mol. The predicted molar refractivity (Wildman–Crippen MR) is 191 cm³/mol. The molecule has 1 aliphatic heterocycles. The molecule has 1 unspecified atom stereocenters. The van der Waals surface area contributed by atoms with Crippen molar-refractivity contribution in [1.82, 2.24) is 14.4 Å². The summed E-state index contributed by atoms with van der Waals surface area (Å²) < 4.78 is 8.91. The van der Waals surface area contributed by atoms with Gasteiger partial charge in [0, 0.05) is 35.3 Å². The number of benzene rings is 5. The van der Waals surface area contributed by atoms with Gasteiger partial charge in [-0.15, -0.1) is 0 Å². The van der Waals surface area contributed by atoms with Crippen molar-refractivity contribution in [3.63, 3.8) is 0 Å². The van der Waals surface area contributed by atoms with E-state index in [9.17, 15) is 5.26 Å². The first-order valence-corrected chi connectivity index (χ1v) is 15.8. The van der Waals surface area contributed by atoms with Crippen LogP contribution in [0, 0.1) is 11.3 Å². The van der Waals surface area contributed by atoms with Crippen LogP contribution in [0.15, 0.2) is 140 Å². The SMILES string of the molecule is C=C1/C=C\c2c(n(-c3ccc(CN(C)C(c4cccc(C#N)c4)N(C)Cc4ccccc4)cc3)c3ccccc23)Oc2ccccc21. The van der Waals surface area contributed by atoms with E-state index in [1.165, 1.54) is 11.1 Å². The second kappa shape index (κ2) is 13.0. The van der Waals surface area contributed by atoms with Crippen LogP contribution >= 0.6 is 0 Å². The zero-order chi connectivity index (χ0) is 32.3. The number of hydrogen-bond donors (Lipinski definition) is 0. The molecular formula is C42H36N4O. The highest BCUT2D eigenvalue weighted by atomic mass is 16.5. The minimum absolute atomic E-state index is 0.0358. The number of nitrogens with zero attached hydrogens (tertiary/aromatic N) is 4. The van der Waals surface area contributed by atoms with Gasteiger partial charge in [0.15, 0.2) is 0 Å². The van der Waals surface area contributed by atoms with E-state index in [1.54, 1.807) is 0 Å². The van der Waals surface area contributed by atoms with Crippen LogP contribution in [0.2, 0.25) is 0 Å². The van der Waals surface area contributed by atoms with Gasteiger partial charge in [-0.05, 0) is 78.8 Å². The van der Waals surface area contributed by atoms with Crippen molar-refractivity contribution >= 4 is 22.6 Å². The molecule has 5 nitrogen and oxygen atoms in total. The van der Waals surface area contributed by atoms with Crippen molar-refractivity contribution in [2.75, 3.05) is 14.1 Å². The molecule has 1 atom stereocenters. The molecule has 0 fully saturated rings. The van der Waals surface area contributed by atoms with Crippen LogP contribution in [0.5, 0.6) is 11.6 Å². The minimum Gasteiger partial charge on any atom is -0.439 e. The Hall–Kier alpha value is -5.67. The number of para-hydroxylation sites is 2. The zero-order valence-corrected chi connectivity index (χ0v) is 26.7. The second-order valence-electron chi connectivity index (χ2n) is 12.1. The Bertz CT molecular complexity index is 2140. The quantitative estimate of drug-likeness (QED) is 0.161. The second-order valence-corrected chi connectivity index (χ2v) is 12.1. The molecule has 5 aromatic carbocycles. The highest BCUT2D eigenvalue weighted by Gasteiger charge is 2.24. The van der Waals surface area contributed by atoms with Gasteiger partial charge >= 0.3 is 0 Å². The summed E-state index contributed by atoms with van der Waals surface area (Å²) in [4.78, 5) is 4.67. The lowest BCUT2D eigenvalue weighted by Gasteiger charge is -2.36. The normalized spacial score (nSPS) is 13.7. The number of aromatic nitrogens is 1. The van der Waals surface area contributed by atoms with Gasteiger partial charge < -0.3 is 4.74 Å². The van der Waals surface area contributed by atoms with Gasteiger partial charge in [0.25, 0.3) is 0 Å². The lowest BCUT2D eigenvalue weighted by molar-refractivity contribution is 0.0705. The van der Waals surface area contributed by atoms with Gasteiger partial charge in [0.05, 0.1) is 23.3 Å². The number of fused-ring (bicyclic) bond motifs is 4. The highest BCUT2D eigenvalue weighted by molar-refractivity contribution is 5.97. The molecule has 0 saturated carbocycles. The van der Waals surface area contributed by atoms with Gasteiger partial charge in [0.2, 0.25) is 5.88 Å². The summed E-state index contributed by atoms with van der Waals surface area (Å²) in [5, 5.41) is 10.8. The topological polar surface area (TPSA) is 44.4 Å².